The zero-order valence-corrected chi connectivity index (χ0v) is 15.6. The fraction of sp³-hybridized carbons (Fsp3) is 0.476. The Kier molecular flexibility index (Phi) is 5.85. The predicted molar refractivity (Wildman–Crippen MR) is 104 cm³/mol. The van der Waals surface area contributed by atoms with Crippen LogP contribution in [0.3, 0.4) is 0 Å². The molecule has 1 aliphatic heterocycles. The van der Waals surface area contributed by atoms with Crippen LogP contribution in [0.15, 0.2) is 30.5 Å². The number of benzene rings is 1. The lowest BCUT2D eigenvalue weighted by Crippen LogP contribution is -2.36. The van der Waals surface area contributed by atoms with Gasteiger partial charge in [-0.05, 0) is 64.2 Å². The number of fused-ring (bicyclic) bond motifs is 1. The topological polar surface area (TPSA) is 60.2 Å². The molecular weight excluding hydrogens is 324 g/mol. The molecule has 0 N–H and O–H groups in total. The number of piperidine rings is 1. The molecule has 0 unspecified atom stereocenters. The lowest BCUT2D eigenvalue weighted by atomic mass is 9.90. The third kappa shape index (κ3) is 4.03. The molecule has 1 aromatic carbocycles. The molecule has 0 atom stereocenters. The zero-order valence-electron chi connectivity index (χ0n) is 15.6. The SMILES string of the molecule is CN(C)CCCC(=O)C1CCN(c2ccc(C#N)c3ncccc23)CC1. The van der Waals surface area contributed by atoms with Crippen molar-refractivity contribution in [3.05, 3.63) is 36.0 Å². The average molecular weight is 350 g/mol. The highest BCUT2D eigenvalue weighted by molar-refractivity contribution is 5.95. The summed E-state index contributed by atoms with van der Waals surface area (Å²) in [5.41, 5.74) is 2.48. The summed E-state index contributed by atoms with van der Waals surface area (Å²) in [6.07, 6.45) is 5.17. The van der Waals surface area contributed by atoms with Gasteiger partial charge in [-0.3, -0.25) is 9.78 Å². The van der Waals surface area contributed by atoms with Gasteiger partial charge in [0.25, 0.3) is 0 Å². The minimum atomic E-state index is 0.191. The lowest BCUT2D eigenvalue weighted by Gasteiger charge is -2.33. The Bertz CT molecular complexity index is 816. The van der Waals surface area contributed by atoms with Gasteiger partial charge in [0.1, 0.15) is 11.9 Å². The molecule has 136 valence electrons. The van der Waals surface area contributed by atoms with Crippen molar-refractivity contribution in [2.24, 2.45) is 5.92 Å². The number of aromatic nitrogens is 1. The van der Waals surface area contributed by atoms with Gasteiger partial charge in [0.2, 0.25) is 0 Å². The number of ketones is 1. The maximum atomic E-state index is 12.4. The van der Waals surface area contributed by atoms with Gasteiger partial charge < -0.3 is 9.80 Å². The van der Waals surface area contributed by atoms with Crippen molar-refractivity contribution in [1.82, 2.24) is 9.88 Å². The van der Waals surface area contributed by atoms with Crippen molar-refractivity contribution in [3.63, 3.8) is 0 Å². The Morgan fingerprint density at radius 3 is 2.77 bits per heavy atom. The Labute approximate surface area is 155 Å². The maximum absolute atomic E-state index is 12.4. The van der Waals surface area contributed by atoms with Crippen LogP contribution in [0.4, 0.5) is 5.69 Å². The van der Waals surface area contributed by atoms with E-state index in [4.69, 9.17) is 0 Å². The molecular formula is C21H26N4O. The summed E-state index contributed by atoms with van der Waals surface area (Å²) < 4.78 is 0. The molecule has 0 bridgehead atoms. The summed E-state index contributed by atoms with van der Waals surface area (Å²) in [6, 6.07) is 10.0. The lowest BCUT2D eigenvalue weighted by molar-refractivity contribution is -0.123. The van der Waals surface area contributed by atoms with Gasteiger partial charge in [-0.25, -0.2) is 0 Å². The first kappa shape index (κ1) is 18.3. The summed E-state index contributed by atoms with van der Waals surface area (Å²) in [5, 5.41) is 10.3. The monoisotopic (exact) mass is 350 g/mol. The fourth-order valence-corrected chi connectivity index (χ4v) is 3.74. The van der Waals surface area contributed by atoms with Gasteiger partial charge in [-0.2, -0.15) is 5.26 Å². The predicted octanol–water partition coefficient (Wildman–Crippen LogP) is 3.23. The molecule has 2 aromatic rings. The third-order valence-corrected chi connectivity index (χ3v) is 5.19. The number of anilines is 1. The molecule has 3 rings (SSSR count). The number of hydrogen-bond donors (Lipinski definition) is 0. The Hall–Kier alpha value is -2.45. The van der Waals surface area contributed by atoms with Gasteiger partial charge in [0.05, 0.1) is 11.1 Å². The van der Waals surface area contributed by atoms with Gasteiger partial charge in [-0.1, -0.05) is 0 Å². The van der Waals surface area contributed by atoms with Gasteiger partial charge in [-0.15, -0.1) is 0 Å². The second kappa shape index (κ2) is 8.29. The largest absolute Gasteiger partial charge is 0.371 e. The molecule has 0 saturated carbocycles. The molecule has 0 radical (unpaired) electrons. The van der Waals surface area contributed by atoms with Crippen molar-refractivity contribution in [1.29, 1.82) is 5.26 Å². The van der Waals surface area contributed by atoms with E-state index in [9.17, 15) is 10.1 Å². The normalized spacial score (nSPS) is 15.4. The number of rotatable bonds is 6. The number of hydrogen-bond acceptors (Lipinski definition) is 5. The first-order chi connectivity index (χ1) is 12.6. The van der Waals surface area contributed by atoms with E-state index in [2.05, 4.69) is 20.9 Å². The van der Waals surface area contributed by atoms with Crippen LogP contribution in [0.5, 0.6) is 0 Å². The minimum absolute atomic E-state index is 0.191. The van der Waals surface area contributed by atoms with Crippen LogP contribution >= 0.6 is 0 Å². The van der Waals surface area contributed by atoms with Crippen molar-refractivity contribution < 1.29 is 4.79 Å². The van der Waals surface area contributed by atoms with Gasteiger partial charge >= 0.3 is 0 Å². The van der Waals surface area contributed by atoms with Crippen LogP contribution in [0.25, 0.3) is 10.9 Å². The third-order valence-electron chi connectivity index (χ3n) is 5.19. The van der Waals surface area contributed by atoms with Crippen LogP contribution in [0, 0.1) is 17.2 Å². The minimum Gasteiger partial charge on any atom is -0.371 e. The van der Waals surface area contributed by atoms with Gasteiger partial charge in [0, 0.05) is 42.7 Å². The molecule has 26 heavy (non-hydrogen) atoms. The summed E-state index contributed by atoms with van der Waals surface area (Å²) in [5.74, 6) is 0.606. The van der Waals surface area contributed by atoms with Crippen molar-refractivity contribution in [2.75, 3.05) is 38.6 Å². The molecule has 5 nitrogen and oxygen atoms in total. The molecule has 0 aliphatic carbocycles. The molecule has 1 aliphatic rings. The van der Waals surface area contributed by atoms with E-state index in [-0.39, 0.29) is 5.92 Å². The Morgan fingerprint density at radius 1 is 1.31 bits per heavy atom. The second-order valence-electron chi connectivity index (χ2n) is 7.28. The van der Waals surface area contributed by atoms with E-state index in [1.807, 2.05) is 38.4 Å². The van der Waals surface area contributed by atoms with Gasteiger partial charge in [0.15, 0.2) is 0 Å². The first-order valence-electron chi connectivity index (χ1n) is 9.30. The van der Waals surface area contributed by atoms with E-state index in [0.29, 0.717) is 17.8 Å². The van der Waals surface area contributed by atoms with E-state index in [1.54, 1.807) is 6.20 Å². The highest BCUT2D eigenvalue weighted by Gasteiger charge is 2.25. The van der Waals surface area contributed by atoms with Crippen LogP contribution in [-0.2, 0) is 4.79 Å². The van der Waals surface area contributed by atoms with Crippen molar-refractivity contribution >= 4 is 22.4 Å². The zero-order chi connectivity index (χ0) is 18.5. The van der Waals surface area contributed by atoms with E-state index >= 15 is 0 Å². The van der Waals surface area contributed by atoms with E-state index < -0.39 is 0 Å². The van der Waals surface area contributed by atoms with Crippen LogP contribution in [0.2, 0.25) is 0 Å². The Balaban J connectivity index is 1.66. The highest BCUT2D eigenvalue weighted by Crippen LogP contribution is 2.31. The molecule has 5 heteroatoms. The summed E-state index contributed by atoms with van der Waals surface area (Å²) in [6.45, 7) is 2.72. The molecule has 1 saturated heterocycles. The van der Waals surface area contributed by atoms with E-state index in [1.165, 1.54) is 0 Å². The van der Waals surface area contributed by atoms with Crippen LogP contribution in [-0.4, -0.2) is 49.4 Å². The molecule has 1 aromatic heterocycles. The van der Waals surface area contributed by atoms with Crippen molar-refractivity contribution in [3.8, 4) is 6.07 Å². The molecule has 0 amide bonds. The summed E-state index contributed by atoms with van der Waals surface area (Å²) in [7, 11) is 4.08. The molecule has 1 fully saturated rings. The van der Waals surface area contributed by atoms with Crippen molar-refractivity contribution in [2.45, 2.75) is 25.7 Å². The number of pyridine rings is 1. The average Bonchev–Trinajstić information content (AvgIpc) is 2.67. The maximum Gasteiger partial charge on any atom is 0.136 e. The molecule has 2 heterocycles. The van der Waals surface area contributed by atoms with E-state index in [0.717, 1.165) is 55.5 Å². The number of Topliss-reactive ketones (excluding diaryl/α,β-unsaturated/α-hetero) is 1. The summed E-state index contributed by atoms with van der Waals surface area (Å²) in [4.78, 5) is 21.3. The summed E-state index contributed by atoms with van der Waals surface area (Å²) >= 11 is 0. The van der Waals surface area contributed by atoms with Crippen LogP contribution in [0.1, 0.15) is 31.2 Å². The standard InChI is InChI=1S/C21H26N4O/c1-24(2)12-4-6-20(26)16-9-13-25(14-10-16)19-8-7-17(15-22)21-18(19)5-3-11-23-21/h3,5,7-8,11,16H,4,6,9-10,12-14H2,1-2H3. The quantitative estimate of drug-likeness (QED) is 0.800. The molecule has 0 spiro atoms. The fourth-order valence-electron chi connectivity index (χ4n) is 3.74. The second-order valence-corrected chi connectivity index (χ2v) is 7.28. The Morgan fingerprint density at radius 2 is 2.08 bits per heavy atom. The number of carbonyl (C=O) groups is 1. The number of nitriles is 1. The highest BCUT2D eigenvalue weighted by atomic mass is 16.1. The van der Waals surface area contributed by atoms with Crippen LogP contribution < -0.4 is 4.90 Å². The number of carbonyl (C=O) groups excluding carboxylic acids is 1. The first-order valence-corrected chi connectivity index (χ1v) is 9.30. The number of nitrogens with zero attached hydrogens (tertiary/aromatic N) is 4. The smallest absolute Gasteiger partial charge is 0.136 e.